The topological polar surface area (TPSA) is 17.1 Å². The number of hydrogen-bond acceptors (Lipinski definition) is 1. The molecule has 82 valence electrons. The van der Waals surface area contributed by atoms with Gasteiger partial charge in [-0.2, -0.15) is 0 Å². The van der Waals surface area contributed by atoms with Crippen LogP contribution in [0.4, 0.5) is 0 Å². The molecule has 0 spiro atoms. The highest BCUT2D eigenvalue weighted by Gasteiger charge is 2.15. The number of rotatable bonds is 6. The molecule has 1 heteroatoms. The molecule has 0 fully saturated rings. The van der Waals surface area contributed by atoms with Crippen molar-refractivity contribution >= 4 is 5.78 Å². The number of ketones is 1. The van der Waals surface area contributed by atoms with Gasteiger partial charge in [0.05, 0.1) is 0 Å². The molecule has 0 aliphatic heterocycles. The molecule has 1 aromatic carbocycles. The summed E-state index contributed by atoms with van der Waals surface area (Å²) in [7, 11) is 0. The van der Waals surface area contributed by atoms with Crippen LogP contribution in [0.1, 0.15) is 38.7 Å². The lowest BCUT2D eigenvalue weighted by Crippen LogP contribution is -2.16. The quantitative estimate of drug-likeness (QED) is 0.691. The fourth-order valence-electron chi connectivity index (χ4n) is 1.91. The van der Waals surface area contributed by atoms with Gasteiger partial charge >= 0.3 is 0 Å². The highest BCUT2D eigenvalue weighted by atomic mass is 16.1. The molecule has 1 aromatic rings. The van der Waals surface area contributed by atoms with E-state index in [2.05, 4.69) is 19.1 Å². The van der Waals surface area contributed by atoms with Gasteiger partial charge in [0.15, 0.2) is 0 Å². The lowest BCUT2D eigenvalue weighted by Gasteiger charge is -2.13. The predicted molar refractivity (Wildman–Crippen MR) is 63.8 cm³/mol. The Kier molecular flexibility index (Phi) is 5.09. The number of carbonyl (C=O) groups excluding carboxylic acids is 1. The molecule has 0 saturated carbocycles. The van der Waals surface area contributed by atoms with E-state index in [1.54, 1.807) is 0 Å². The maximum atomic E-state index is 11.7. The van der Waals surface area contributed by atoms with Crippen LogP contribution in [0, 0.1) is 5.92 Å². The summed E-state index contributed by atoms with van der Waals surface area (Å²) in [4.78, 5) is 11.7. The summed E-state index contributed by atoms with van der Waals surface area (Å²) in [6.07, 6.45) is 3.67. The van der Waals surface area contributed by atoms with Crippen molar-refractivity contribution in [1.82, 2.24) is 0 Å². The van der Waals surface area contributed by atoms with Gasteiger partial charge in [0.25, 0.3) is 0 Å². The summed E-state index contributed by atoms with van der Waals surface area (Å²) in [6.45, 7) is 4.09. The van der Waals surface area contributed by atoms with E-state index in [1.165, 1.54) is 5.56 Å². The van der Waals surface area contributed by atoms with Gasteiger partial charge in [-0.15, -0.1) is 0 Å². The van der Waals surface area contributed by atoms with Gasteiger partial charge in [0, 0.05) is 12.3 Å². The fourth-order valence-corrected chi connectivity index (χ4v) is 1.91. The van der Waals surface area contributed by atoms with Crippen molar-refractivity contribution in [3.8, 4) is 0 Å². The Bertz CT molecular complexity index is 289. The Balaban J connectivity index is 2.62. The molecule has 0 N–H and O–H groups in total. The fraction of sp³-hybridized carbons (Fsp3) is 0.500. The second-order valence-electron chi connectivity index (χ2n) is 4.00. The monoisotopic (exact) mass is 204 g/mol. The van der Waals surface area contributed by atoms with Crippen molar-refractivity contribution in [1.29, 1.82) is 0 Å². The zero-order valence-corrected chi connectivity index (χ0v) is 9.70. The van der Waals surface area contributed by atoms with Crippen LogP contribution >= 0.6 is 0 Å². The summed E-state index contributed by atoms with van der Waals surface area (Å²) in [5, 5.41) is 0. The summed E-state index contributed by atoms with van der Waals surface area (Å²) in [5.41, 5.74) is 1.28. The molecule has 0 aliphatic rings. The average Bonchev–Trinajstić information content (AvgIpc) is 2.29. The van der Waals surface area contributed by atoms with Crippen LogP contribution in [0.2, 0.25) is 0 Å². The zero-order valence-electron chi connectivity index (χ0n) is 9.70. The summed E-state index contributed by atoms with van der Waals surface area (Å²) >= 11 is 0. The molecule has 0 radical (unpaired) electrons. The molecule has 0 bridgehead atoms. The third-order valence-corrected chi connectivity index (χ3v) is 2.77. The highest BCUT2D eigenvalue weighted by Crippen LogP contribution is 2.16. The van der Waals surface area contributed by atoms with Gasteiger partial charge in [-0.05, 0) is 18.4 Å². The summed E-state index contributed by atoms with van der Waals surface area (Å²) in [6, 6.07) is 10.3. The van der Waals surface area contributed by atoms with Crippen LogP contribution in [0.5, 0.6) is 0 Å². The summed E-state index contributed by atoms with van der Waals surface area (Å²) in [5.74, 6) is 0.628. The first kappa shape index (κ1) is 12.0. The molecule has 0 heterocycles. The minimum atomic E-state index is 0.224. The number of carbonyl (C=O) groups is 1. The maximum Gasteiger partial charge on any atom is 0.136 e. The summed E-state index contributed by atoms with van der Waals surface area (Å²) < 4.78 is 0. The second-order valence-corrected chi connectivity index (χ2v) is 4.00. The minimum absolute atomic E-state index is 0.224. The van der Waals surface area contributed by atoms with Crippen LogP contribution in [-0.2, 0) is 11.2 Å². The molecule has 15 heavy (non-hydrogen) atoms. The van der Waals surface area contributed by atoms with Crippen molar-refractivity contribution in [2.75, 3.05) is 0 Å². The van der Waals surface area contributed by atoms with Crippen LogP contribution < -0.4 is 0 Å². The molecule has 0 unspecified atom stereocenters. The van der Waals surface area contributed by atoms with E-state index in [9.17, 15) is 4.79 Å². The Morgan fingerprint density at radius 1 is 1.20 bits per heavy atom. The molecule has 0 amide bonds. The van der Waals surface area contributed by atoms with Crippen molar-refractivity contribution in [2.45, 2.75) is 39.5 Å². The molecule has 1 rings (SSSR count). The van der Waals surface area contributed by atoms with Crippen LogP contribution in [-0.4, -0.2) is 5.78 Å². The molecular formula is C14H20O. The van der Waals surface area contributed by atoms with E-state index < -0.39 is 0 Å². The van der Waals surface area contributed by atoms with Gasteiger partial charge in [0.2, 0.25) is 0 Å². The van der Waals surface area contributed by atoms with Gasteiger partial charge < -0.3 is 0 Å². The average molecular weight is 204 g/mol. The van der Waals surface area contributed by atoms with E-state index in [-0.39, 0.29) is 5.92 Å². The van der Waals surface area contributed by atoms with Crippen molar-refractivity contribution in [3.05, 3.63) is 35.9 Å². The van der Waals surface area contributed by atoms with E-state index in [4.69, 9.17) is 0 Å². The molecule has 1 atom stereocenters. The van der Waals surface area contributed by atoms with E-state index in [0.29, 0.717) is 12.2 Å². The Morgan fingerprint density at radius 3 is 2.40 bits per heavy atom. The van der Waals surface area contributed by atoms with Gasteiger partial charge in [-0.3, -0.25) is 4.79 Å². The molecule has 0 aliphatic carbocycles. The SMILES string of the molecule is CCC[C@H](Cc1ccccc1)C(=O)CC. The standard InChI is InChI=1S/C14H20O/c1-3-8-13(14(15)4-2)11-12-9-6-5-7-10-12/h5-7,9-10,13H,3-4,8,11H2,1-2H3/t13-/m1/s1. The first-order chi connectivity index (χ1) is 7.27. The van der Waals surface area contributed by atoms with E-state index in [1.807, 2.05) is 25.1 Å². The number of Topliss-reactive ketones (excluding diaryl/α,β-unsaturated/α-hetero) is 1. The molecule has 0 saturated heterocycles. The van der Waals surface area contributed by atoms with Crippen LogP contribution in [0.15, 0.2) is 30.3 Å². The second kappa shape index (κ2) is 6.39. The predicted octanol–water partition coefficient (Wildman–Crippen LogP) is 3.62. The van der Waals surface area contributed by atoms with Crippen LogP contribution in [0.3, 0.4) is 0 Å². The minimum Gasteiger partial charge on any atom is -0.299 e. The largest absolute Gasteiger partial charge is 0.299 e. The Labute approximate surface area is 92.5 Å². The van der Waals surface area contributed by atoms with Crippen molar-refractivity contribution in [3.63, 3.8) is 0 Å². The first-order valence-corrected chi connectivity index (χ1v) is 5.84. The Morgan fingerprint density at radius 2 is 1.87 bits per heavy atom. The third kappa shape index (κ3) is 3.86. The lowest BCUT2D eigenvalue weighted by molar-refractivity contribution is -0.122. The van der Waals surface area contributed by atoms with Gasteiger partial charge in [-0.1, -0.05) is 50.6 Å². The molecule has 0 aromatic heterocycles. The third-order valence-electron chi connectivity index (χ3n) is 2.77. The van der Waals surface area contributed by atoms with Gasteiger partial charge in [0.1, 0.15) is 5.78 Å². The van der Waals surface area contributed by atoms with E-state index >= 15 is 0 Å². The van der Waals surface area contributed by atoms with E-state index in [0.717, 1.165) is 19.3 Å². The van der Waals surface area contributed by atoms with Gasteiger partial charge in [-0.25, -0.2) is 0 Å². The molecule has 1 nitrogen and oxygen atoms in total. The lowest BCUT2D eigenvalue weighted by atomic mass is 9.90. The highest BCUT2D eigenvalue weighted by molar-refractivity contribution is 5.80. The molecular weight excluding hydrogens is 184 g/mol. The van der Waals surface area contributed by atoms with Crippen molar-refractivity contribution in [2.24, 2.45) is 5.92 Å². The first-order valence-electron chi connectivity index (χ1n) is 5.84. The van der Waals surface area contributed by atoms with Crippen molar-refractivity contribution < 1.29 is 4.79 Å². The number of benzene rings is 1. The zero-order chi connectivity index (χ0) is 11.1. The smallest absolute Gasteiger partial charge is 0.136 e. The van der Waals surface area contributed by atoms with Crippen LogP contribution in [0.25, 0.3) is 0 Å². The maximum absolute atomic E-state index is 11.7. The normalized spacial score (nSPS) is 12.4. The Hall–Kier alpha value is -1.11. The number of hydrogen-bond donors (Lipinski definition) is 0.